The van der Waals surface area contributed by atoms with E-state index in [1.165, 1.54) is 19.2 Å². The molecular weight excluding hydrogens is 370 g/mol. The average molecular weight is 389 g/mol. The van der Waals surface area contributed by atoms with Crippen LogP contribution < -0.4 is 10.1 Å². The molecule has 0 aliphatic heterocycles. The topological polar surface area (TPSA) is 98.8 Å². The number of hydrogen-bond acceptors (Lipinski definition) is 6. The molecule has 0 radical (unpaired) electrons. The summed E-state index contributed by atoms with van der Waals surface area (Å²) in [5.41, 5.74) is 1.16. The summed E-state index contributed by atoms with van der Waals surface area (Å²) < 4.78 is 21.3. The normalized spacial score (nSPS) is 11.3. The molecule has 0 aliphatic rings. The minimum absolute atomic E-state index is 0.194. The van der Waals surface area contributed by atoms with Crippen molar-refractivity contribution in [3.05, 3.63) is 65.2 Å². The SMILES string of the molecule is COc1ccccc1C(=O)NC(=O)COC(=O)c1cccc(CS(C)=O)c1. The molecule has 7 nitrogen and oxygen atoms in total. The fraction of sp³-hybridized carbons (Fsp3) is 0.211. The highest BCUT2D eigenvalue weighted by atomic mass is 32.2. The summed E-state index contributed by atoms with van der Waals surface area (Å²) in [7, 11) is 0.374. The number of benzene rings is 2. The second-order valence-electron chi connectivity index (χ2n) is 5.57. The number of imide groups is 1. The van der Waals surface area contributed by atoms with Crippen LogP contribution in [0.1, 0.15) is 26.3 Å². The summed E-state index contributed by atoms with van der Waals surface area (Å²) in [4.78, 5) is 36.1. The van der Waals surface area contributed by atoms with Crippen molar-refractivity contribution in [1.82, 2.24) is 5.32 Å². The number of carbonyl (C=O) groups is 3. The first kappa shape index (κ1) is 20.3. The number of rotatable bonds is 7. The minimum atomic E-state index is -1.04. The third-order valence-corrected chi connectivity index (χ3v) is 4.21. The van der Waals surface area contributed by atoms with Crippen LogP contribution >= 0.6 is 0 Å². The number of amides is 2. The van der Waals surface area contributed by atoms with Crippen molar-refractivity contribution in [2.45, 2.75) is 5.75 Å². The maximum Gasteiger partial charge on any atom is 0.338 e. The molecule has 0 fully saturated rings. The predicted molar refractivity (Wildman–Crippen MR) is 100.0 cm³/mol. The van der Waals surface area contributed by atoms with Gasteiger partial charge in [-0.05, 0) is 29.8 Å². The van der Waals surface area contributed by atoms with Gasteiger partial charge in [-0.25, -0.2) is 4.79 Å². The molecule has 2 aromatic rings. The van der Waals surface area contributed by atoms with Gasteiger partial charge in [-0.15, -0.1) is 0 Å². The van der Waals surface area contributed by atoms with Gasteiger partial charge in [0.15, 0.2) is 6.61 Å². The summed E-state index contributed by atoms with van der Waals surface area (Å²) in [5, 5.41) is 2.14. The molecule has 0 saturated heterocycles. The molecule has 0 spiro atoms. The van der Waals surface area contributed by atoms with Crippen LogP contribution in [0.5, 0.6) is 5.75 Å². The summed E-state index contributed by atoms with van der Waals surface area (Å²) >= 11 is 0. The zero-order valence-corrected chi connectivity index (χ0v) is 15.7. The lowest BCUT2D eigenvalue weighted by Gasteiger charge is -2.09. The second kappa shape index (κ2) is 9.63. The number of nitrogens with one attached hydrogen (secondary N) is 1. The van der Waals surface area contributed by atoms with E-state index in [0.29, 0.717) is 11.5 Å². The fourth-order valence-electron chi connectivity index (χ4n) is 2.30. The highest BCUT2D eigenvalue weighted by Gasteiger charge is 2.16. The van der Waals surface area contributed by atoms with Gasteiger partial charge >= 0.3 is 5.97 Å². The van der Waals surface area contributed by atoms with Gasteiger partial charge in [-0.3, -0.25) is 19.1 Å². The van der Waals surface area contributed by atoms with Crippen LogP contribution in [-0.4, -0.2) is 42.0 Å². The Balaban J connectivity index is 1.92. The molecule has 0 heterocycles. The molecular formula is C19H19NO6S. The average Bonchev–Trinajstić information content (AvgIpc) is 2.65. The summed E-state index contributed by atoms with van der Waals surface area (Å²) in [6.07, 6.45) is 1.56. The van der Waals surface area contributed by atoms with Crippen LogP contribution in [0.2, 0.25) is 0 Å². The lowest BCUT2D eigenvalue weighted by atomic mass is 10.1. The van der Waals surface area contributed by atoms with Crippen molar-refractivity contribution in [3.8, 4) is 5.75 Å². The molecule has 2 aromatic carbocycles. The zero-order valence-electron chi connectivity index (χ0n) is 14.9. The number of esters is 1. The van der Waals surface area contributed by atoms with E-state index in [-0.39, 0.29) is 11.1 Å². The maximum absolute atomic E-state index is 12.1. The monoisotopic (exact) mass is 389 g/mol. The molecule has 0 aliphatic carbocycles. The second-order valence-corrected chi connectivity index (χ2v) is 7.01. The zero-order chi connectivity index (χ0) is 19.8. The van der Waals surface area contributed by atoms with E-state index in [1.807, 2.05) is 0 Å². The molecule has 1 unspecified atom stereocenters. The third kappa shape index (κ3) is 6.03. The first-order chi connectivity index (χ1) is 12.9. The van der Waals surface area contributed by atoms with Crippen molar-refractivity contribution in [3.63, 3.8) is 0 Å². The fourth-order valence-corrected chi connectivity index (χ4v) is 2.95. The van der Waals surface area contributed by atoms with E-state index in [1.54, 1.807) is 42.7 Å². The van der Waals surface area contributed by atoms with E-state index in [0.717, 1.165) is 5.56 Å². The first-order valence-electron chi connectivity index (χ1n) is 7.94. The van der Waals surface area contributed by atoms with Crippen molar-refractivity contribution in [2.75, 3.05) is 20.0 Å². The van der Waals surface area contributed by atoms with Gasteiger partial charge < -0.3 is 9.47 Å². The number of methoxy groups -OCH3 is 1. The van der Waals surface area contributed by atoms with Gasteiger partial charge in [0, 0.05) is 22.8 Å². The predicted octanol–water partition coefficient (Wildman–Crippen LogP) is 1.69. The third-order valence-electron chi connectivity index (χ3n) is 3.47. The molecule has 1 N–H and O–H groups in total. The molecule has 0 saturated carbocycles. The van der Waals surface area contributed by atoms with Crippen LogP contribution in [0.3, 0.4) is 0 Å². The number of ether oxygens (including phenoxy) is 2. The van der Waals surface area contributed by atoms with Gasteiger partial charge in [0.05, 0.1) is 18.2 Å². The summed E-state index contributed by atoms with van der Waals surface area (Å²) in [6.45, 7) is -0.607. The Labute approximate surface area is 159 Å². The van der Waals surface area contributed by atoms with E-state index in [2.05, 4.69) is 5.32 Å². The van der Waals surface area contributed by atoms with E-state index >= 15 is 0 Å². The van der Waals surface area contributed by atoms with Crippen LogP contribution in [0, 0.1) is 0 Å². The Morgan fingerprint density at radius 1 is 1.07 bits per heavy atom. The van der Waals surface area contributed by atoms with Gasteiger partial charge in [0.25, 0.3) is 11.8 Å². The molecule has 27 heavy (non-hydrogen) atoms. The Bertz CT molecular complexity index is 880. The summed E-state index contributed by atoms with van der Waals surface area (Å²) in [5.74, 6) is -1.48. The Morgan fingerprint density at radius 2 is 1.81 bits per heavy atom. The lowest BCUT2D eigenvalue weighted by Crippen LogP contribution is -2.34. The highest BCUT2D eigenvalue weighted by Crippen LogP contribution is 2.16. The Morgan fingerprint density at radius 3 is 2.52 bits per heavy atom. The Hall–Kier alpha value is -3.00. The maximum atomic E-state index is 12.1. The van der Waals surface area contributed by atoms with Crippen molar-refractivity contribution >= 4 is 28.6 Å². The molecule has 142 valence electrons. The van der Waals surface area contributed by atoms with Gasteiger partial charge in [0.1, 0.15) is 5.75 Å². The van der Waals surface area contributed by atoms with Gasteiger partial charge in [-0.2, -0.15) is 0 Å². The molecule has 1 atom stereocenters. The smallest absolute Gasteiger partial charge is 0.338 e. The standard InChI is InChI=1S/C19H19NO6S/c1-25-16-9-4-3-8-15(16)18(22)20-17(21)11-26-19(23)14-7-5-6-13(10-14)12-27(2)24/h3-10H,11-12H2,1-2H3,(H,20,21,22). The van der Waals surface area contributed by atoms with Gasteiger partial charge in [0.2, 0.25) is 0 Å². The van der Waals surface area contributed by atoms with Crippen LogP contribution in [-0.2, 0) is 26.1 Å². The first-order valence-corrected chi connectivity index (χ1v) is 9.66. The number of hydrogen-bond donors (Lipinski definition) is 1. The summed E-state index contributed by atoms with van der Waals surface area (Å²) in [6, 6.07) is 12.9. The Kier molecular flexibility index (Phi) is 7.25. The van der Waals surface area contributed by atoms with Crippen LogP contribution in [0.15, 0.2) is 48.5 Å². The van der Waals surface area contributed by atoms with Crippen molar-refractivity contribution < 1.29 is 28.1 Å². The molecule has 0 aromatic heterocycles. The lowest BCUT2D eigenvalue weighted by molar-refractivity contribution is -0.123. The number of para-hydroxylation sites is 1. The van der Waals surface area contributed by atoms with Gasteiger partial charge in [-0.1, -0.05) is 24.3 Å². The minimum Gasteiger partial charge on any atom is -0.496 e. The largest absolute Gasteiger partial charge is 0.496 e. The molecule has 2 rings (SSSR count). The van der Waals surface area contributed by atoms with E-state index in [4.69, 9.17) is 9.47 Å². The quantitative estimate of drug-likeness (QED) is 0.724. The van der Waals surface area contributed by atoms with Crippen molar-refractivity contribution in [1.29, 1.82) is 0 Å². The number of carbonyl (C=O) groups excluding carboxylic acids is 3. The molecule has 8 heteroatoms. The van der Waals surface area contributed by atoms with Crippen LogP contribution in [0.25, 0.3) is 0 Å². The molecule has 0 bridgehead atoms. The highest BCUT2D eigenvalue weighted by molar-refractivity contribution is 7.83. The molecule has 2 amide bonds. The van der Waals surface area contributed by atoms with Crippen LogP contribution in [0.4, 0.5) is 0 Å². The van der Waals surface area contributed by atoms with E-state index in [9.17, 15) is 18.6 Å². The van der Waals surface area contributed by atoms with Crippen molar-refractivity contribution in [2.24, 2.45) is 0 Å². The van der Waals surface area contributed by atoms with E-state index < -0.39 is 35.2 Å².